The van der Waals surface area contributed by atoms with Crippen LogP contribution in [0.25, 0.3) is 10.2 Å². The number of rotatable bonds is 3. The molecule has 0 aliphatic carbocycles. The van der Waals surface area contributed by atoms with Crippen LogP contribution in [0.4, 0.5) is 0 Å². The fourth-order valence-corrected chi connectivity index (χ4v) is 2.99. The third kappa shape index (κ3) is 2.02. The van der Waals surface area contributed by atoms with Crippen LogP contribution in [-0.2, 0) is 7.05 Å². The van der Waals surface area contributed by atoms with E-state index < -0.39 is 0 Å². The first-order valence-electron chi connectivity index (χ1n) is 5.78. The van der Waals surface area contributed by atoms with Crippen LogP contribution in [0.15, 0.2) is 36.7 Å². The number of nitrogens with zero attached hydrogens (tertiary/aromatic N) is 2. The molecule has 0 atom stereocenters. The predicted octanol–water partition coefficient (Wildman–Crippen LogP) is 2.87. The number of ether oxygens (including phenoxy) is 1. The smallest absolute Gasteiger partial charge is 0.212 e. The molecular weight excluding hydrogens is 260 g/mol. The zero-order valence-electron chi connectivity index (χ0n) is 10.6. The van der Waals surface area contributed by atoms with E-state index in [0.29, 0.717) is 11.4 Å². The van der Waals surface area contributed by atoms with Gasteiger partial charge in [0.1, 0.15) is 4.83 Å². The highest BCUT2D eigenvalue weighted by atomic mass is 32.1. The van der Waals surface area contributed by atoms with Gasteiger partial charge in [-0.05, 0) is 18.2 Å². The van der Waals surface area contributed by atoms with Gasteiger partial charge in [-0.25, -0.2) is 4.98 Å². The van der Waals surface area contributed by atoms with E-state index in [9.17, 15) is 4.79 Å². The minimum absolute atomic E-state index is 0.00338. The SMILES string of the molecule is COc1ccc(C(=O)c2cc3ccn(C)c3s2)cn1. The van der Waals surface area contributed by atoms with E-state index in [-0.39, 0.29) is 5.78 Å². The second kappa shape index (κ2) is 4.51. The normalized spacial score (nSPS) is 10.8. The summed E-state index contributed by atoms with van der Waals surface area (Å²) in [5.74, 6) is 0.504. The van der Waals surface area contributed by atoms with E-state index in [1.807, 2.05) is 29.9 Å². The molecule has 5 heteroatoms. The Morgan fingerprint density at radius 3 is 2.84 bits per heavy atom. The number of thiophene rings is 1. The lowest BCUT2D eigenvalue weighted by molar-refractivity contribution is 0.104. The molecule has 19 heavy (non-hydrogen) atoms. The molecule has 0 saturated heterocycles. The lowest BCUT2D eigenvalue weighted by Gasteiger charge is -2.00. The van der Waals surface area contributed by atoms with Gasteiger partial charge < -0.3 is 9.30 Å². The number of methoxy groups -OCH3 is 1. The van der Waals surface area contributed by atoms with Crippen LogP contribution in [0.1, 0.15) is 15.2 Å². The molecule has 0 bridgehead atoms. The second-order valence-corrected chi connectivity index (χ2v) is 5.25. The molecule has 0 fully saturated rings. The average Bonchev–Trinajstić information content (AvgIpc) is 3.01. The van der Waals surface area contributed by atoms with Gasteiger partial charge in [-0.15, -0.1) is 11.3 Å². The molecule has 0 radical (unpaired) electrons. The van der Waals surface area contributed by atoms with E-state index in [4.69, 9.17) is 4.74 Å². The van der Waals surface area contributed by atoms with Gasteiger partial charge in [-0.2, -0.15) is 0 Å². The van der Waals surface area contributed by atoms with Crippen LogP contribution >= 0.6 is 11.3 Å². The van der Waals surface area contributed by atoms with Crippen molar-refractivity contribution in [1.29, 1.82) is 0 Å². The lowest BCUT2D eigenvalue weighted by atomic mass is 10.1. The van der Waals surface area contributed by atoms with Gasteiger partial charge in [0.05, 0.1) is 12.0 Å². The molecule has 3 heterocycles. The zero-order valence-corrected chi connectivity index (χ0v) is 11.4. The van der Waals surface area contributed by atoms with E-state index in [0.717, 1.165) is 15.1 Å². The Hall–Kier alpha value is -2.14. The van der Waals surface area contributed by atoms with Crippen molar-refractivity contribution in [2.24, 2.45) is 7.05 Å². The number of carbonyl (C=O) groups excluding carboxylic acids is 1. The minimum atomic E-state index is -0.00338. The third-order valence-electron chi connectivity index (χ3n) is 2.97. The minimum Gasteiger partial charge on any atom is -0.481 e. The summed E-state index contributed by atoms with van der Waals surface area (Å²) in [5, 5.41) is 1.09. The lowest BCUT2D eigenvalue weighted by Crippen LogP contribution is -1.99. The maximum absolute atomic E-state index is 12.3. The van der Waals surface area contributed by atoms with Gasteiger partial charge in [0.2, 0.25) is 11.7 Å². The molecule has 0 aromatic carbocycles. The molecular formula is C14H12N2O2S. The highest BCUT2D eigenvalue weighted by molar-refractivity contribution is 7.20. The largest absolute Gasteiger partial charge is 0.481 e. The number of hydrogen-bond acceptors (Lipinski definition) is 4. The maximum atomic E-state index is 12.3. The van der Waals surface area contributed by atoms with Crippen LogP contribution in [0.3, 0.4) is 0 Å². The molecule has 3 aromatic heterocycles. The van der Waals surface area contributed by atoms with Crippen molar-refractivity contribution in [2.45, 2.75) is 0 Å². The van der Waals surface area contributed by atoms with E-state index in [1.165, 1.54) is 11.3 Å². The number of fused-ring (bicyclic) bond motifs is 1. The molecule has 0 aliphatic heterocycles. The number of hydrogen-bond donors (Lipinski definition) is 0. The van der Waals surface area contributed by atoms with Gasteiger partial charge in [0.25, 0.3) is 0 Å². The fourth-order valence-electron chi connectivity index (χ4n) is 1.94. The Kier molecular flexibility index (Phi) is 2.83. The Morgan fingerprint density at radius 2 is 2.21 bits per heavy atom. The number of carbonyl (C=O) groups is 1. The molecule has 3 aromatic rings. The van der Waals surface area contributed by atoms with Crippen LogP contribution < -0.4 is 4.74 Å². The summed E-state index contributed by atoms with van der Waals surface area (Å²) in [6.45, 7) is 0. The molecule has 4 nitrogen and oxygen atoms in total. The Bertz CT molecular complexity index is 740. The van der Waals surface area contributed by atoms with Gasteiger partial charge in [0, 0.05) is 36.5 Å². The van der Waals surface area contributed by atoms with Crippen LogP contribution in [0, 0.1) is 0 Å². The fraction of sp³-hybridized carbons (Fsp3) is 0.143. The second-order valence-electron chi connectivity index (χ2n) is 4.22. The average molecular weight is 272 g/mol. The summed E-state index contributed by atoms with van der Waals surface area (Å²) >= 11 is 1.50. The molecule has 96 valence electrons. The standard InChI is InChI=1S/C14H12N2O2S/c1-16-6-5-9-7-11(19-14(9)16)13(17)10-3-4-12(18-2)15-8-10/h3-8H,1-2H3. The van der Waals surface area contributed by atoms with Crippen LogP contribution in [0.2, 0.25) is 0 Å². The molecule has 0 saturated carbocycles. The first-order chi connectivity index (χ1) is 9.19. The van der Waals surface area contributed by atoms with Crippen LogP contribution in [-0.4, -0.2) is 22.4 Å². The van der Waals surface area contributed by atoms with Crippen molar-refractivity contribution >= 4 is 27.3 Å². The number of ketones is 1. The molecule has 0 spiro atoms. The van der Waals surface area contributed by atoms with E-state index >= 15 is 0 Å². The molecule has 0 amide bonds. The zero-order chi connectivity index (χ0) is 13.4. The molecule has 0 N–H and O–H groups in total. The topological polar surface area (TPSA) is 44.1 Å². The van der Waals surface area contributed by atoms with Crippen LogP contribution in [0.5, 0.6) is 5.88 Å². The Balaban J connectivity index is 1.97. The van der Waals surface area contributed by atoms with E-state index in [2.05, 4.69) is 4.98 Å². The highest BCUT2D eigenvalue weighted by Gasteiger charge is 2.14. The monoisotopic (exact) mass is 272 g/mol. The van der Waals surface area contributed by atoms with Crippen molar-refractivity contribution in [3.63, 3.8) is 0 Å². The number of aryl methyl sites for hydroxylation is 1. The van der Waals surface area contributed by atoms with E-state index in [1.54, 1.807) is 25.4 Å². The Labute approximate surface area is 114 Å². The van der Waals surface area contributed by atoms with Gasteiger partial charge in [-0.3, -0.25) is 4.79 Å². The summed E-state index contributed by atoms with van der Waals surface area (Å²) in [4.78, 5) is 18.2. The van der Waals surface area contributed by atoms with Gasteiger partial charge in [-0.1, -0.05) is 0 Å². The summed E-state index contributed by atoms with van der Waals surface area (Å²) in [7, 11) is 3.53. The van der Waals surface area contributed by atoms with Gasteiger partial charge >= 0.3 is 0 Å². The highest BCUT2D eigenvalue weighted by Crippen LogP contribution is 2.27. The summed E-state index contributed by atoms with van der Waals surface area (Å²) in [6, 6.07) is 7.36. The number of pyridine rings is 1. The molecule has 0 unspecified atom stereocenters. The summed E-state index contributed by atoms with van der Waals surface area (Å²) in [5.41, 5.74) is 0.576. The first kappa shape index (κ1) is 11.9. The predicted molar refractivity (Wildman–Crippen MR) is 75.0 cm³/mol. The maximum Gasteiger partial charge on any atom is 0.212 e. The molecule has 0 aliphatic rings. The summed E-state index contributed by atoms with van der Waals surface area (Å²) < 4.78 is 7.00. The van der Waals surface area contributed by atoms with Crippen molar-refractivity contribution in [3.05, 3.63) is 47.1 Å². The van der Waals surface area contributed by atoms with Crippen molar-refractivity contribution < 1.29 is 9.53 Å². The quantitative estimate of drug-likeness (QED) is 0.689. The number of aromatic nitrogens is 2. The third-order valence-corrected chi connectivity index (χ3v) is 4.21. The van der Waals surface area contributed by atoms with Crippen molar-refractivity contribution in [3.8, 4) is 5.88 Å². The summed E-state index contributed by atoms with van der Waals surface area (Å²) in [6.07, 6.45) is 3.54. The Morgan fingerprint density at radius 1 is 1.37 bits per heavy atom. The molecule has 3 rings (SSSR count). The van der Waals surface area contributed by atoms with Crippen molar-refractivity contribution in [2.75, 3.05) is 7.11 Å². The van der Waals surface area contributed by atoms with Crippen molar-refractivity contribution in [1.82, 2.24) is 9.55 Å². The van der Waals surface area contributed by atoms with Gasteiger partial charge in [0.15, 0.2) is 0 Å². The first-order valence-corrected chi connectivity index (χ1v) is 6.60.